The molecule has 0 aliphatic heterocycles. The molecule has 0 aromatic heterocycles. The molecule has 3 N–H and O–H groups in total. The Morgan fingerprint density at radius 3 is 2.53 bits per heavy atom. The molecule has 15 heavy (non-hydrogen) atoms. The van der Waals surface area contributed by atoms with Crippen LogP contribution in [0.3, 0.4) is 0 Å². The van der Waals surface area contributed by atoms with Gasteiger partial charge in [-0.3, -0.25) is 4.79 Å². The molecular weight excluding hydrogens is 194 g/mol. The summed E-state index contributed by atoms with van der Waals surface area (Å²) in [6.07, 6.45) is 4.98. The van der Waals surface area contributed by atoms with Crippen LogP contribution in [0.1, 0.15) is 32.1 Å². The van der Waals surface area contributed by atoms with Gasteiger partial charge in [0.2, 0.25) is 0 Å². The Hall–Kier alpha value is -0.610. The zero-order valence-electron chi connectivity index (χ0n) is 8.91. The van der Waals surface area contributed by atoms with E-state index in [0.717, 1.165) is 25.8 Å². The normalized spacial score (nSPS) is 32.1. The maximum absolute atomic E-state index is 10.8. The Bertz CT molecular complexity index is 250. The van der Waals surface area contributed by atoms with Crippen LogP contribution in [0.2, 0.25) is 0 Å². The number of carbonyl (C=O) groups is 1. The Morgan fingerprint density at radius 1 is 1.40 bits per heavy atom. The summed E-state index contributed by atoms with van der Waals surface area (Å²) >= 11 is 0. The van der Waals surface area contributed by atoms with E-state index in [-0.39, 0.29) is 24.0 Å². The summed E-state index contributed by atoms with van der Waals surface area (Å²) < 4.78 is 0. The maximum atomic E-state index is 10.8. The highest BCUT2D eigenvalue weighted by molar-refractivity contribution is 5.72. The van der Waals surface area contributed by atoms with Crippen molar-refractivity contribution < 1.29 is 15.0 Å². The SMILES string of the molecule is O=C(O)C1CCC1NCC1(CCO)CC1. The standard InChI is InChI=1S/C11H19NO3/c13-6-5-11(3-4-11)7-12-9-2-1-8(9)10(14)15/h8-9,12-13H,1-7H2,(H,14,15). The number of carboxylic acids is 1. The molecule has 0 amide bonds. The predicted molar refractivity (Wildman–Crippen MR) is 55.5 cm³/mol. The van der Waals surface area contributed by atoms with E-state index in [1.165, 1.54) is 12.8 Å². The third kappa shape index (κ3) is 2.32. The van der Waals surface area contributed by atoms with Crippen LogP contribution in [0.4, 0.5) is 0 Å². The molecule has 2 fully saturated rings. The maximum Gasteiger partial charge on any atom is 0.308 e. The fraction of sp³-hybridized carbons (Fsp3) is 0.909. The lowest BCUT2D eigenvalue weighted by Crippen LogP contribution is -2.49. The van der Waals surface area contributed by atoms with Crippen LogP contribution in [-0.4, -0.2) is 35.4 Å². The molecule has 4 heteroatoms. The topological polar surface area (TPSA) is 69.6 Å². The molecule has 0 radical (unpaired) electrons. The molecule has 0 bridgehead atoms. The highest BCUT2D eigenvalue weighted by Gasteiger charge is 2.44. The van der Waals surface area contributed by atoms with Gasteiger partial charge in [-0.05, 0) is 37.5 Å². The lowest BCUT2D eigenvalue weighted by atomic mass is 9.79. The molecule has 2 aliphatic carbocycles. The van der Waals surface area contributed by atoms with Crippen molar-refractivity contribution in [1.29, 1.82) is 0 Å². The monoisotopic (exact) mass is 213 g/mol. The van der Waals surface area contributed by atoms with Crippen molar-refractivity contribution in [3.05, 3.63) is 0 Å². The number of rotatable bonds is 6. The highest BCUT2D eigenvalue weighted by atomic mass is 16.4. The smallest absolute Gasteiger partial charge is 0.308 e. The van der Waals surface area contributed by atoms with E-state index in [0.29, 0.717) is 0 Å². The molecule has 4 nitrogen and oxygen atoms in total. The van der Waals surface area contributed by atoms with E-state index in [9.17, 15) is 4.79 Å². The molecule has 2 unspecified atom stereocenters. The van der Waals surface area contributed by atoms with Gasteiger partial charge in [-0.15, -0.1) is 0 Å². The molecule has 2 rings (SSSR count). The molecule has 0 aromatic rings. The molecule has 0 saturated heterocycles. The second-order valence-corrected chi connectivity index (χ2v) is 4.98. The third-order valence-corrected chi connectivity index (χ3v) is 3.93. The van der Waals surface area contributed by atoms with Gasteiger partial charge in [0.1, 0.15) is 0 Å². The Morgan fingerprint density at radius 2 is 2.13 bits per heavy atom. The fourth-order valence-corrected chi connectivity index (χ4v) is 2.32. The van der Waals surface area contributed by atoms with E-state index < -0.39 is 5.97 Å². The third-order valence-electron chi connectivity index (χ3n) is 3.93. The zero-order valence-corrected chi connectivity index (χ0v) is 8.91. The number of aliphatic carboxylic acids is 1. The van der Waals surface area contributed by atoms with Crippen molar-refractivity contribution in [1.82, 2.24) is 5.32 Å². The van der Waals surface area contributed by atoms with Crippen molar-refractivity contribution in [2.24, 2.45) is 11.3 Å². The van der Waals surface area contributed by atoms with Crippen LogP contribution >= 0.6 is 0 Å². The minimum atomic E-state index is -0.675. The molecular formula is C11H19NO3. The van der Waals surface area contributed by atoms with Crippen molar-refractivity contribution >= 4 is 5.97 Å². The van der Waals surface area contributed by atoms with Crippen LogP contribution in [0.15, 0.2) is 0 Å². The number of aliphatic hydroxyl groups is 1. The van der Waals surface area contributed by atoms with E-state index in [2.05, 4.69) is 5.32 Å². The largest absolute Gasteiger partial charge is 0.481 e. The minimum absolute atomic E-state index is 0.165. The first-order valence-corrected chi connectivity index (χ1v) is 5.74. The van der Waals surface area contributed by atoms with Crippen molar-refractivity contribution in [3.8, 4) is 0 Å². The summed E-state index contributed by atoms with van der Waals surface area (Å²) in [6.45, 7) is 1.12. The van der Waals surface area contributed by atoms with Gasteiger partial charge in [0.15, 0.2) is 0 Å². The lowest BCUT2D eigenvalue weighted by Gasteiger charge is -2.35. The van der Waals surface area contributed by atoms with E-state index >= 15 is 0 Å². The minimum Gasteiger partial charge on any atom is -0.481 e. The predicted octanol–water partition coefficient (Wildman–Crippen LogP) is 0.602. The fourth-order valence-electron chi connectivity index (χ4n) is 2.32. The Kier molecular flexibility index (Phi) is 2.98. The summed E-state index contributed by atoms with van der Waals surface area (Å²) in [7, 11) is 0. The first kappa shape index (κ1) is 10.9. The van der Waals surface area contributed by atoms with Gasteiger partial charge < -0.3 is 15.5 Å². The molecule has 86 valence electrons. The molecule has 2 saturated carbocycles. The number of carboxylic acid groups (broad SMARTS) is 1. The van der Waals surface area contributed by atoms with Gasteiger partial charge >= 0.3 is 5.97 Å². The van der Waals surface area contributed by atoms with Gasteiger partial charge in [0, 0.05) is 19.2 Å². The van der Waals surface area contributed by atoms with Crippen molar-refractivity contribution in [2.75, 3.05) is 13.2 Å². The molecule has 0 spiro atoms. The molecule has 2 atom stereocenters. The van der Waals surface area contributed by atoms with E-state index in [4.69, 9.17) is 10.2 Å². The number of hydrogen-bond donors (Lipinski definition) is 3. The van der Waals surface area contributed by atoms with Crippen molar-refractivity contribution in [3.63, 3.8) is 0 Å². The van der Waals surface area contributed by atoms with Gasteiger partial charge in [0.25, 0.3) is 0 Å². The van der Waals surface area contributed by atoms with Crippen LogP contribution in [0.25, 0.3) is 0 Å². The Labute approximate surface area is 89.7 Å². The number of nitrogens with one attached hydrogen (secondary N) is 1. The Balaban J connectivity index is 1.72. The van der Waals surface area contributed by atoms with Gasteiger partial charge in [-0.1, -0.05) is 0 Å². The van der Waals surface area contributed by atoms with Gasteiger partial charge in [0.05, 0.1) is 5.92 Å². The quantitative estimate of drug-likeness (QED) is 0.604. The lowest BCUT2D eigenvalue weighted by molar-refractivity contribution is -0.146. The average molecular weight is 213 g/mol. The van der Waals surface area contributed by atoms with Crippen LogP contribution in [0, 0.1) is 11.3 Å². The first-order chi connectivity index (χ1) is 7.17. The second-order valence-electron chi connectivity index (χ2n) is 4.98. The summed E-state index contributed by atoms with van der Waals surface area (Å²) in [5.74, 6) is -0.860. The summed E-state index contributed by atoms with van der Waals surface area (Å²) in [5, 5.41) is 21.1. The molecule has 0 heterocycles. The highest BCUT2D eigenvalue weighted by Crippen LogP contribution is 2.48. The second kappa shape index (κ2) is 4.10. The first-order valence-electron chi connectivity index (χ1n) is 5.74. The molecule has 2 aliphatic rings. The van der Waals surface area contributed by atoms with E-state index in [1.54, 1.807) is 0 Å². The van der Waals surface area contributed by atoms with Crippen LogP contribution in [0.5, 0.6) is 0 Å². The van der Waals surface area contributed by atoms with Gasteiger partial charge in [-0.2, -0.15) is 0 Å². The van der Waals surface area contributed by atoms with Gasteiger partial charge in [-0.25, -0.2) is 0 Å². The summed E-state index contributed by atoms with van der Waals surface area (Å²) in [5.41, 5.74) is 0.285. The number of hydrogen-bond acceptors (Lipinski definition) is 3. The van der Waals surface area contributed by atoms with E-state index in [1.807, 2.05) is 0 Å². The summed E-state index contributed by atoms with van der Waals surface area (Å²) in [4.78, 5) is 10.8. The van der Waals surface area contributed by atoms with Crippen molar-refractivity contribution in [2.45, 2.75) is 38.1 Å². The average Bonchev–Trinajstić information content (AvgIpc) is 2.83. The number of aliphatic hydroxyl groups excluding tert-OH is 1. The zero-order chi connectivity index (χ0) is 10.9. The van der Waals surface area contributed by atoms with Crippen LogP contribution in [-0.2, 0) is 4.79 Å². The van der Waals surface area contributed by atoms with Crippen LogP contribution < -0.4 is 5.32 Å². The molecule has 0 aromatic carbocycles. The summed E-state index contributed by atoms with van der Waals surface area (Å²) in [6, 6.07) is 0.165.